The number of hydrogen-bond acceptors (Lipinski definition) is 2. The molecule has 0 bridgehead atoms. The molecule has 2 fully saturated rings. The van der Waals surface area contributed by atoms with Gasteiger partial charge in [-0.3, -0.25) is 4.99 Å². The first kappa shape index (κ1) is 16.6. The lowest BCUT2D eigenvalue weighted by atomic mass is 9.75. The quantitative estimate of drug-likeness (QED) is 0.584. The van der Waals surface area contributed by atoms with E-state index in [4.69, 9.17) is 4.99 Å². The van der Waals surface area contributed by atoms with Crippen molar-refractivity contribution in [1.29, 1.82) is 0 Å². The molecule has 0 amide bonds. The van der Waals surface area contributed by atoms with Crippen LogP contribution in [-0.2, 0) is 0 Å². The van der Waals surface area contributed by atoms with Crippen LogP contribution in [0.5, 0.6) is 0 Å². The summed E-state index contributed by atoms with van der Waals surface area (Å²) in [6, 6.07) is 0. The molecule has 21 heavy (non-hydrogen) atoms. The van der Waals surface area contributed by atoms with Crippen molar-refractivity contribution in [3.05, 3.63) is 0 Å². The van der Waals surface area contributed by atoms with E-state index in [0.717, 1.165) is 37.4 Å². The highest BCUT2D eigenvalue weighted by Crippen LogP contribution is 2.35. The van der Waals surface area contributed by atoms with Crippen LogP contribution in [-0.4, -0.2) is 50.1 Å². The van der Waals surface area contributed by atoms with E-state index in [1.807, 2.05) is 0 Å². The van der Waals surface area contributed by atoms with Crippen LogP contribution in [0.25, 0.3) is 0 Å². The molecule has 0 radical (unpaired) electrons. The van der Waals surface area contributed by atoms with Crippen LogP contribution in [0, 0.1) is 11.8 Å². The maximum Gasteiger partial charge on any atom is 0.191 e. The summed E-state index contributed by atoms with van der Waals surface area (Å²) in [5.74, 6) is 2.70. The van der Waals surface area contributed by atoms with Gasteiger partial charge in [-0.25, -0.2) is 0 Å². The van der Waals surface area contributed by atoms with Crippen LogP contribution >= 0.6 is 0 Å². The van der Waals surface area contributed by atoms with Crippen molar-refractivity contribution in [2.24, 2.45) is 16.8 Å². The van der Waals surface area contributed by atoms with Gasteiger partial charge in [0.15, 0.2) is 5.96 Å². The van der Waals surface area contributed by atoms with Gasteiger partial charge < -0.3 is 15.5 Å². The minimum Gasteiger partial charge on any atom is -0.357 e. The van der Waals surface area contributed by atoms with Gasteiger partial charge in [0.1, 0.15) is 0 Å². The highest BCUT2D eigenvalue weighted by molar-refractivity contribution is 5.79. The van der Waals surface area contributed by atoms with Crippen LogP contribution in [0.15, 0.2) is 4.99 Å². The van der Waals surface area contributed by atoms with E-state index in [1.54, 1.807) is 0 Å². The molecule has 0 aliphatic heterocycles. The fraction of sp³-hybridized carbons (Fsp3) is 0.941. The summed E-state index contributed by atoms with van der Waals surface area (Å²) in [5.41, 5.74) is 0.250. The first-order chi connectivity index (χ1) is 10.1. The second-order valence-electron chi connectivity index (χ2n) is 7.34. The first-order valence-corrected chi connectivity index (χ1v) is 8.75. The standard InChI is InChI=1S/C17H34N4/c1-5-18-16(19-12-15-8-9-15)20-13-17(21(3)4)10-6-7-14(2)11-17/h14-15H,5-13H2,1-4H3,(H2,18,19,20). The van der Waals surface area contributed by atoms with Crippen molar-refractivity contribution < 1.29 is 0 Å². The molecule has 0 heterocycles. The molecule has 122 valence electrons. The molecule has 2 saturated carbocycles. The third-order valence-electron chi connectivity index (χ3n) is 5.15. The summed E-state index contributed by atoms with van der Waals surface area (Å²) in [7, 11) is 4.44. The summed E-state index contributed by atoms with van der Waals surface area (Å²) < 4.78 is 0. The first-order valence-electron chi connectivity index (χ1n) is 8.75. The van der Waals surface area contributed by atoms with Crippen LogP contribution in [0.4, 0.5) is 0 Å². The minimum atomic E-state index is 0.250. The lowest BCUT2D eigenvalue weighted by Crippen LogP contribution is -2.51. The van der Waals surface area contributed by atoms with Gasteiger partial charge in [0.05, 0.1) is 6.54 Å². The lowest BCUT2D eigenvalue weighted by Gasteiger charge is -2.44. The molecule has 0 aromatic heterocycles. The number of hydrogen-bond donors (Lipinski definition) is 2. The second kappa shape index (κ2) is 7.48. The van der Waals surface area contributed by atoms with Gasteiger partial charge in [0.2, 0.25) is 0 Å². The van der Waals surface area contributed by atoms with Crippen LogP contribution in [0.1, 0.15) is 52.4 Å². The SMILES string of the molecule is CCNC(=NCC1(N(C)C)CCCC(C)C1)NCC1CC1. The average molecular weight is 294 g/mol. The topological polar surface area (TPSA) is 39.7 Å². The van der Waals surface area contributed by atoms with Crippen molar-refractivity contribution >= 4 is 5.96 Å². The smallest absolute Gasteiger partial charge is 0.191 e. The van der Waals surface area contributed by atoms with Crippen molar-refractivity contribution in [2.45, 2.75) is 57.9 Å². The molecule has 2 atom stereocenters. The van der Waals surface area contributed by atoms with Crippen molar-refractivity contribution in [2.75, 3.05) is 33.7 Å². The molecule has 0 saturated heterocycles. The molecular weight excluding hydrogens is 260 g/mol. The van der Waals surface area contributed by atoms with E-state index < -0.39 is 0 Å². The van der Waals surface area contributed by atoms with Gasteiger partial charge in [-0.05, 0) is 58.5 Å². The molecule has 2 aliphatic carbocycles. The summed E-state index contributed by atoms with van der Waals surface area (Å²) in [4.78, 5) is 7.33. The number of nitrogens with one attached hydrogen (secondary N) is 2. The molecule has 2 rings (SSSR count). The predicted octanol–water partition coefficient (Wildman–Crippen LogP) is 2.46. The minimum absolute atomic E-state index is 0.250. The van der Waals surface area contributed by atoms with Crippen LogP contribution < -0.4 is 10.6 Å². The monoisotopic (exact) mass is 294 g/mol. The Labute approximate surface area is 130 Å². The summed E-state index contributed by atoms with van der Waals surface area (Å²) >= 11 is 0. The van der Waals surface area contributed by atoms with E-state index in [9.17, 15) is 0 Å². The molecule has 2 aliphatic rings. The van der Waals surface area contributed by atoms with E-state index in [-0.39, 0.29) is 5.54 Å². The number of aliphatic imine (C=N–C) groups is 1. The third-order valence-corrected chi connectivity index (χ3v) is 5.15. The molecule has 0 spiro atoms. The Balaban J connectivity index is 1.97. The highest BCUT2D eigenvalue weighted by Gasteiger charge is 2.36. The Morgan fingerprint density at radius 1 is 1.24 bits per heavy atom. The molecular formula is C17H34N4. The normalized spacial score (nSPS) is 30.5. The van der Waals surface area contributed by atoms with Gasteiger partial charge >= 0.3 is 0 Å². The Bertz CT molecular complexity index is 349. The molecule has 2 unspecified atom stereocenters. The lowest BCUT2D eigenvalue weighted by molar-refractivity contribution is 0.0845. The fourth-order valence-corrected chi connectivity index (χ4v) is 3.45. The van der Waals surface area contributed by atoms with E-state index in [2.05, 4.69) is 43.5 Å². The van der Waals surface area contributed by atoms with Gasteiger partial charge in [0, 0.05) is 18.6 Å². The predicted molar refractivity (Wildman–Crippen MR) is 90.8 cm³/mol. The maximum absolute atomic E-state index is 4.92. The van der Waals surface area contributed by atoms with Gasteiger partial charge in [-0.1, -0.05) is 19.8 Å². The second-order valence-corrected chi connectivity index (χ2v) is 7.34. The molecule has 0 aromatic carbocycles. The van der Waals surface area contributed by atoms with E-state index >= 15 is 0 Å². The van der Waals surface area contributed by atoms with Crippen molar-refractivity contribution in [3.8, 4) is 0 Å². The Hall–Kier alpha value is -0.770. The summed E-state index contributed by atoms with van der Waals surface area (Å²) in [5, 5.41) is 6.90. The Kier molecular flexibility index (Phi) is 5.91. The number of rotatable bonds is 6. The van der Waals surface area contributed by atoms with E-state index in [1.165, 1.54) is 38.5 Å². The zero-order valence-corrected chi connectivity index (χ0v) is 14.4. The Morgan fingerprint density at radius 3 is 2.57 bits per heavy atom. The maximum atomic E-state index is 4.92. The fourth-order valence-electron chi connectivity index (χ4n) is 3.45. The number of nitrogens with zero attached hydrogens (tertiary/aromatic N) is 2. The third kappa shape index (κ3) is 4.87. The largest absolute Gasteiger partial charge is 0.357 e. The van der Waals surface area contributed by atoms with Crippen LogP contribution in [0.3, 0.4) is 0 Å². The van der Waals surface area contributed by atoms with Gasteiger partial charge in [-0.2, -0.15) is 0 Å². The molecule has 0 aromatic rings. The number of guanidine groups is 1. The van der Waals surface area contributed by atoms with Crippen molar-refractivity contribution in [3.63, 3.8) is 0 Å². The zero-order valence-electron chi connectivity index (χ0n) is 14.4. The summed E-state index contributed by atoms with van der Waals surface area (Å²) in [6.07, 6.45) is 8.01. The van der Waals surface area contributed by atoms with E-state index in [0.29, 0.717) is 0 Å². The highest BCUT2D eigenvalue weighted by atomic mass is 15.2. The number of likely N-dealkylation sites (N-methyl/N-ethyl adjacent to an activating group) is 1. The summed E-state index contributed by atoms with van der Waals surface area (Å²) in [6.45, 7) is 7.44. The van der Waals surface area contributed by atoms with Gasteiger partial charge in [0.25, 0.3) is 0 Å². The zero-order chi connectivity index (χ0) is 15.3. The average Bonchev–Trinajstić information content (AvgIpc) is 3.26. The van der Waals surface area contributed by atoms with Gasteiger partial charge in [-0.15, -0.1) is 0 Å². The molecule has 2 N–H and O–H groups in total. The van der Waals surface area contributed by atoms with Crippen molar-refractivity contribution in [1.82, 2.24) is 15.5 Å². The molecule has 4 heteroatoms. The molecule has 4 nitrogen and oxygen atoms in total. The van der Waals surface area contributed by atoms with Crippen LogP contribution in [0.2, 0.25) is 0 Å². The Morgan fingerprint density at radius 2 is 2.00 bits per heavy atom.